The molecule has 0 saturated heterocycles. The van der Waals surface area contributed by atoms with E-state index in [2.05, 4.69) is 16.0 Å². The van der Waals surface area contributed by atoms with E-state index in [4.69, 9.17) is 19.9 Å². The van der Waals surface area contributed by atoms with Crippen LogP contribution < -0.4 is 19.9 Å². The third-order valence-electron chi connectivity index (χ3n) is 4.20. The van der Waals surface area contributed by atoms with Crippen LogP contribution in [0.4, 0.5) is 5.82 Å². The smallest absolute Gasteiger partial charge is 0.203 e. The normalized spacial score (nSPS) is 12.0. The molecule has 3 aromatic rings. The highest BCUT2D eigenvalue weighted by Crippen LogP contribution is 2.41. The Hall–Kier alpha value is -3.05. The van der Waals surface area contributed by atoms with Gasteiger partial charge in [-0.2, -0.15) is 5.26 Å². The average molecular weight is 398 g/mol. The van der Waals surface area contributed by atoms with E-state index in [1.807, 2.05) is 6.92 Å². The largest absolute Gasteiger partial charge is 0.493 e. The number of aryl methyl sites for hydroxylation is 1. The molecule has 4 rings (SSSR count). The Balaban J connectivity index is 0.000000684. The third kappa shape index (κ3) is 3.80. The lowest BCUT2D eigenvalue weighted by Crippen LogP contribution is -1.99. The number of ether oxygens (including phenoxy) is 3. The summed E-state index contributed by atoms with van der Waals surface area (Å²) in [4.78, 5) is 10.2. The first-order valence-electron chi connectivity index (χ1n) is 8.81. The summed E-state index contributed by atoms with van der Waals surface area (Å²) >= 11 is 1.30. The molecular formula is C20H22N4O3S. The van der Waals surface area contributed by atoms with Crippen LogP contribution in [0.3, 0.4) is 0 Å². The lowest BCUT2D eigenvalue weighted by atomic mass is 10.1. The van der Waals surface area contributed by atoms with E-state index in [1.165, 1.54) is 30.6 Å². The topological polar surface area (TPSA) is 103 Å². The highest BCUT2D eigenvalue weighted by atomic mass is 32.1. The molecule has 0 radical (unpaired) electrons. The molecule has 1 aromatic carbocycles. The van der Waals surface area contributed by atoms with Crippen LogP contribution >= 0.6 is 11.3 Å². The number of thiophene rings is 1. The van der Waals surface area contributed by atoms with E-state index in [-0.39, 0.29) is 0 Å². The fourth-order valence-corrected chi connectivity index (χ4v) is 3.60. The van der Waals surface area contributed by atoms with Gasteiger partial charge in [-0.1, -0.05) is 19.3 Å². The summed E-state index contributed by atoms with van der Waals surface area (Å²) in [6, 6.07) is 5.68. The average Bonchev–Trinajstić information content (AvgIpc) is 3.56. The van der Waals surface area contributed by atoms with Crippen molar-refractivity contribution in [2.24, 2.45) is 0 Å². The van der Waals surface area contributed by atoms with E-state index in [0.29, 0.717) is 44.2 Å². The first-order chi connectivity index (χ1) is 13.5. The molecule has 0 spiro atoms. The molecule has 0 atom stereocenters. The van der Waals surface area contributed by atoms with E-state index >= 15 is 0 Å². The van der Waals surface area contributed by atoms with E-state index < -0.39 is 0 Å². The summed E-state index contributed by atoms with van der Waals surface area (Å²) in [5.74, 6) is 2.25. The maximum atomic E-state index is 9.22. The highest BCUT2D eigenvalue weighted by molar-refractivity contribution is 7.19. The summed E-state index contributed by atoms with van der Waals surface area (Å²) in [6.07, 6.45) is 4.50. The third-order valence-corrected chi connectivity index (χ3v) is 5.29. The van der Waals surface area contributed by atoms with Crippen LogP contribution in [0.5, 0.6) is 17.2 Å². The molecule has 7 nitrogen and oxygen atoms in total. The van der Waals surface area contributed by atoms with Gasteiger partial charge in [-0.15, -0.1) is 11.3 Å². The second-order valence-corrected chi connectivity index (χ2v) is 7.25. The number of nitrogens with zero attached hydrogens (tertiary/aromatic N) is 3. The lowest BCUT2D eigenvalue weighted by molar-refractivity contribution is 0.324. The minimum absolute atomic E-state index is 0.337. The van der Waals surface area contributed by atoms with Crippen molar-refractivity contribution in [1.82, 2.24) is 9.97 Å². The molecule has 0 bridgehead atoms. The molecule has 146 valence electrons. The van der Waals surface area contributed by atoms with E-state index in [1.54, 1.807) is 33.5 Å². The van der Waals surface area contributed by atoms with Gasteiger partial charge in [0.1, 0.15) is 21.6 Å². The number of hydrogen-bond acceptors (Lipinski definition) is 8. The molecule has 2 N–H and O–H groups in total. The fraction of sp³-hybridized carbons (Fsp3) is 0.350. The molecule has 28 heavy (non-hydrogen) atoms. The number of aromatic nitrogens is 2. The van der Waals surface area contributed by atoms with Gasteiger partial charge in [0.05, 0.1) is 26.7 Å². The monoisotopic (exact) mass is 398 g/mol. The molecule has 1 aliphatic carbocycles. The lowest BCUT2D eigenvalue weighted by Gasteiger charge is -2.13. The number of methoxy groups -OCH3 is 3. The minimum Gasteiger partial charge on any atom is -0.493 e. The van der Waals surface area contributed by atoms with Crippen LogP contribution in [0.25, 0.3) is 21.6 Å². The summed E-state index contributed by atoms with van der Waals surface area (Å²) in [5, 5.41) is 9.94. The van der Waals surface area contributed by atoms with Gasteiger partial charge in [-0.3, -0.25) is 0 Å². The molecule has 1 fully saturated rings. The van der Waals surface area contributed by atoms with Gasteiger partial charge in [-0.05, 0) is 24.6 Å². The van der Waals surface area contributed by atoms with Crippen molar-refractivity contribution < 1.29 is 14.2 Å². The number of nitriles is 1. The van der Waals surface area contributed by atoms with Crippen molar-refractivity contribution in [3.8, 4) is 34.7 Å². The van der Waals surface area contributed by atoms with Crippen LogP contribution in [-0.4, -0.2) is 31.3 Å². The SMILES string of the molecule is C1CC1.COc1cc(-c2nc(N)c3c(C)c(C#N)sc3n2)cc(OC)c1OC. The molecule has 0 aliphatic heterocycles. The molecule has 8 heteroatoms. The van der Waals surface area contributed by atoms with Crippen molar-refractivity contribution in [3.05, 3.63) is 22.6 Å². The van der Waals surface area contributed by atoms with Crippen molar-refractivity contribution in [2.45, 2.75) is 26.2 Å². The number of rotatable bonds is 4. The van der Waals surface area contributed by atoms with Crippen molar-refractivity contribution in [2.75, 3.05) is 27.1 Å². The summed E-state index contributed by atoms with van der Waals surface area (Å²) in [5.41, 5.74) is 7.60. The molecule has 2 aromatic heterocycles. The van der Waals surface area contributed by atoms with Crippen LogP contribution in [0.2, 0.25) is 0 Å². The molecular weight excluding hydrogens is 376 g/mol. The van der Waals surface area contributed by atoms with Crippen molar-refractivity contribution in [1.29, 1.82) is 5.26 Å². The number of nitrogens with two attached hydrogens (primary N) is 1. The molecule has 0 unspecified atom stereocenters. The number of fused-ring (bicyclic) bond motifs is 1. The first-order valence-corrected chi connectivity index (χ1v) is 9.62. The summed E-state index contributed by atoms with van der Waals surface area (Å²) in [6.45, 7) is 1.84. The minimum atomic E-state index is 0.337. The summed E-state index contributed by atoms with van der Waals surface area (Å²) < 4.78 is 16.1. The van der Waals surface area contributed by atoms with Crippen LogP contribution in [0.15, 0.2) is 12.1 Å². The van der Waals surface area contributed by atoms with Gasteiger partial charge in [0.25, 0.3) is 0 Å². The van der Waals surface area contributed by atoms with Gasteiger partial charge in [0.15, 0.2) is 17.3 Å². The van der Waals surface area contributed by atoms with Gasteiger partial charge < -0.3 is 19.9 Å². The number of anilines is 1. The van der Waals surface area contributed by atoms with Gasteiger partial charge >= 0.3 is 0 Å². The van der Waals surface area contributed by atoms with Gasteiger partial charge in [0, 0.05) is 5.56 Å². The Labute approximate surface area is 167 Å². The second-order valence-electron chi connectivity index (χ2n) is 6.26. The molecule has 1 saturated carbocycles. The van der Waals surface area contributed by atoms with E-state index in [0.717, 1.165) is 10.9 Å². The van der Waals surface area contributed by atoms with Crippen LogP contribution in [0.1, 0.15) is 29.7 Å². The molecule has 0 amide bonds. The fourth-order valence-electron chi connectivity index (χ4n) is 2.62. The van der Waals surface area contributed by atoms with Crippen molar-refractivity contribution >= 4 is 27.4 Å². The van der Waals surface area contributed by atoms with Gasteiger partial charge in [0.2, 0.25) is 5.75 Å². The predicted octanol–water partition coefficient (Wildman–Crippen LogP) is 4.32. The highest BCUT2D eigenvalue weighted by Gasteiger charge is 2.19. The Morgan fingerprint density at radius 3 is 2.11 bits per heavy atom. The van der Waals surface area contributed by atoms with Crippen LogP contribution in [0, 0.1) is 18.3 Å². The Kier molecular flexibility index (Phi) is 5.85. The Bertz CT molecular complexity index is 1030. The second kappa shape index (κ2) is 8.31. The first kappa shape index (κ1) is 19.7. The van der Waals surface area contributed by atoms with E-state index in [9.17, 15) is 5.26 Å². The predicted molar refractivity (Wildman–Crippen MR) is 110 cm³/mol. The zero-order valence-electron chi connectivity index (χ0n) is 16.3. The zero-order chi connectivity index (χ0) is 20.3. The van der Waals surface area contributed by atoms with Gasteiger partial charge in [-0.25, -0.2) is 9.97 Å². The number of hydrogen-bond donors (Lipinski definition) is 1. The van der Waals surface area contributed by atoms with Crippen LogP contribution in [-0.2, 0) is 0 Å². The zero-order valence-corrected chi connectivity index (χ0v) is 17.1. The number of nitrogen functional groups attached to an aromatic ring is 1. The quantitative estimate of drug-likeness (QED) is 0.698. The molecule has 1 aliphatic rings. The Morgan fingerprint density at radius 2 is 1.64 bits per heavy atom. The summed E-state index contributed by atoms with van der Waals surface area (Å²) in [7, 11) is 4.63. The maximum Gasteiger partial charge on any atom is 0.203 e. The number of benzene rings is 1. The van der Waals surface area contributed by atoms with Crippen molar-refractivity contribution in [3.63, 3.8) is 0 Å². The Morgan fingerprint density at radius 1 is 1.04 bits per heavy atom. The molecule has 2 heterocycles. The standard InChI is InChI=1S/C17H16N4O3S.C3H6/c1-8-12(7-18)25-17-13(8)15(19)20-16(21-17)9-5-10(22-2)14(24-4)11(6-9)23-3;1-2-3-1/h5-6H,1-4H3,(H2,19,20,21);1-3H2. The maximum absolute atomic E-state index is 9.22.